The predicted octanol–water partition coefficient (Wildman–Crippen LogP) is 4.43. The highest BCUT2D eigenvalue weighted by Gasteiger charge is 2.18. The minimum atomic E-state index is -3.86. The molecule has 162 valence electrons. The fourth-order valence-corrected chi connectivity index (χ4v) is 4.16. The van der Waals surface area contributed by atoms with E-state index < -0.39 is 10.0 Å². The van der Waals surface area contributed by atoms with Crippen LogP contribution in [0.3, 0.4) is 0 Å². The van der Waals surface area contributed by atoms with Gasteiger partial charge < -0.3 is 10.1 Å². The molecule has 3 aromatic carbocycles. The number of rotatable bonds is 8. The standard InChI is InChI=1S/C23H23ClN2O4S/c1-16-3-12-21(31(28,29)26-19-8-10-20(30-2)11-9-19)15-22(16)23(27)25-14-13-17-4-6-18(24)7-5-17/h3-12,15,26H,13-14H2,1-2H3,(H,25,27). The Bertz CT molecular complexity index is 1160. The first-order chi connectivity index (χ1) is 14.8. The number of hydrogen-bond acceptors (Lipinski definition) is 4. The molecule has 0 saturated carbocycles. The van der Waals surface area contributed by atoms with Crippen molar-refractivity contribution in [3.63, 3.8) is 0 Å². The van der Waals surface area contributed by atoms with Gasteiger partial charge in [-0.2, -0.15) is 0 Å². The summed E-state index contributed by atoms with van der Waals surface area (Å²) in [6.07, 6.45) is 0.638. The molecule has 0 spiro atoms. The summed E-state index contributed by atoms with van der Waals surface area (Å²) in [6, 6.07) is 18.4. The Morgan fingerprint density at radius 3 is 2.32 bits per heavy atom. The maximum Gasteiger partial charge on any atom is 0.261 e. The molecule has 0 fully saturated rings. The van der Waals surface area contributed by atoms with E-state index >= 15 is 0 Å². The van der Waals surface area contributed by atoms with E-state index in [1.165, 1.54) is 19.2 Å². The van der Waals surface area contributed by atoms with Crippen LogP contribution in [0.25, 0.3) is 0 Å². The summed E-state index contributed by atoms with van der Waals surface area (Å²) >= 11 is 5.88. The zero-order valence-electron chi connectivity index (χ0n) is 17.2. The van der Waals surface area contributed by atoms with E-state index in [9.17, 15) is 13.2 Å². The van der Waals surface area contributed by atoms with E-state index in [-0.39, 0.29) is 10.8 Å². The van der Waals surface area contributed by atoms with Gasteiger partial charge in [0.25, 0.3) is 15.9 Å². The molecule has 2 N–H and O–H groups in total. The quantitative estimate of drug-likeness (QED) is 0.523. The highest BCUT2D eigenvalue weighted by atomic mass is 35.5. The molecule has 31 heavy (non-hydrogen) atoms. The highest BCUT2D eigenvalue weighted by molar-refractivity contribution is 7.92. The average molecular weight is 459 g/mol. The van der Waals surface area contributed by atoms with Crippen molar-refractivity contribution in [3.05, 3.63) is 88.4 Å². The number of nitrogens with one attached hydrogen (secondary N) is 2. The Morgan fingerprint density at radius 1 is 1.00 bits per heavy atom. The molecule has 0 unspecified atom stereocenters. The van der Waals surface area contributed by atoms with Gasteiger partial charge >= 0.3 is 0 Å². The summed E-state index contributed by atoms with van der Waals surface area (Å²) in [5, 5.41) is 3.50. The van der Waals surface area contributed by atoms with Crippen LogP contribution < -0.4 is 14.8 Å². The van der Waals surface area contributed by atoms with Crippen molar-refractivity contribution in [3.8, 4) is 5.75 Å². The van der Waals surface area contributed by atoms with Crippen LogP contribution in [0.15, 0.2) is 71.6 Å². The number of carbonyl (C=O) groups is 1. The van der Waals surface area contributed by atoms with E-state index in [1.54, 1.807) is 49.4 Å². The van der Waals surface area contributed by atoms with Gasteiger partial charge in [0.1, 0.15) is 5.75 Å². The number of hydrogen-bond donors (Lipinski definition) is 2. The van der Waals surface area contributed by atoms with Crippen molar-refractivity contribution < 1.29 is 17.9 Å². The first kappa shape index (κ1) is 22.7. The minimum Gasteiger partial charge on any atom is -0.497 e. The highest BCUT2D eigenvalue weighted by Crippen LogP contribution is 2.21. The number of halogens is 1. The van der Waals surface area contributed by atoms with Gasteiger partial charge in [0.05, 0.1) is 12.0 Å². The number of anilines is 1. The second-order valence-corrected chi connectivity index (χ2v) is 9.06. The minimum absolute atomic E-state index is 0.0109. The van der Waals surface area contributed by atoms with Crippen molar-refractivity contribution in [1.82, 2.24) is 5.32 Å². The number of aryl methyl sites for hydroxylation is 1. The van der Waals surface area contributed by atoms with Crippen molar-refractivity contribution in [1.29, 1.82) is 0 Å². The summed E-state index contributed by atoms with van der Waals surface area (Å²) in [7, 11) is -2.32. The Labute approximate surface area is 187 Å². The number of ether oxygens (including phenoxy) is 1. The summed E-state index contributed by atoms with van der Waals surface area (Å²) in [6.45, 7) is 2.18. The predicted molar refractivity (Wildman–Crippen MR) is 122 cm³/mol. The molecule has 6 nitrogen and oxygen atoms in total. The number of amides is 1. The van der Waals surface area contributed by atoms with Crippen LogP contribution in [0.1, 0.15) is 21.5 Å². The number of benzene rings is 3. The summed E-state index contributed by atoms with van der Waals surface area (Å²) < 4.78 is 33.2. The third-order valence-corrected chi connectivity index (χ3v) is 6.35. The van der Waals surface area contributed by atoms with E-state index in [0.717, 1.165) is 5.56 Å². The van der Waals surface area contributed by atoms with Crippen LogP contribution in [0.4, 0.5) is 5.69 Å². The lowest BCUT2D eigenvalue weighted by Crippen LogP contribution is -2.26. The van der Waals surface area contributed by atoms with Gasteiger partial charge in [-0.05, 0) is 73.0 Å². The molecule has 0 saturated heterocycles. The Hall–Kier alpha value is -3.03. The molecule has 0 atom stereocenters. The fourth-order valence-electron chi connectivity index (χ4n) is 2.95. The molecule has 3 rings (SSSR count). The van der Waals surface area contributed by atoms with Crippen molar-refractivity contribution >= 4 is 33.2 Å². The third kappa shape index (κ3) is 5.99. The number of methoxy groups -OCH3 is 1. The SMILES string of the molecule is COc1ccc(NS(=O)(=O)c2ccc(C)c(C(=O)NCCc3ccc(Cl)cc3)c2)cc1. The Morgan fingerprint density at radius 2 is 1.68 bits per heavy atom. The van der Waals surface area contributed by atoms with E-state index in [0.29, 0.717) is 40.6 Å². The smallest absolute Gasteiger partial charge is 0.261 e. The summed E-state index contributed by atoms with van der Waals surface area (Å²) in [5.41, 5.74) is 2.44. The van der Waals surface area contributed by atoms with E-state index in [1.807, 2.05) is 12.1 Å². The lowest BCUT2D eigenvalue weighted by atomic mass is 10.1. The Balaban J connectivity index is 1.70. The molecule has 0 bridgehead atoms. The number of sulfonamides is 1. The van der Waals surface area contributed by atoms with Gasteiger partial charge in [-0.1, -0.05) is 29.8 Å². The van der Waals surface area contributed by atoms with Gasteiger partial charge in [0.15, 0.2) is 0 Å². The van der Waals surface area contributed by atoms with Gasteiger partial charge in [0.2, 0.25) is 0 Å². The van der Waals surface area contributed by atoms with E-state index in [4.69, 9.17) is 16.3 Å². The summed E-state index contributed by atoms with van der Waals surface area (Å²) in [5.74, 6) is 0.295. The molecule has 3 aromatic rings. The zero-order valence-corrected chi connectivity index (χ0v) is 18.8. The molecule has 0 aromatic heterocycles. The summed E-state index contributed by atoms with van der Waals surface area (Å²) in [4.78, 5) is 12.7. The lowest BCUT2D eigenvalue weighted by molar-refractivity contribution is 0.0953. The molecule has 0 aliphatic heterocycles. The van der Waals surface area contributed by atoms with Crippen LogP contribution in [-0.2, 0) is 16.4 Å². The fraction of sp³-hybridized carbons (Fsp3) is 0.174. The maximum atomic E-state index is 12.8. The monoisotopic (exact) mass is 458 g/mol. The first-order valence-electron chi connectivity index (χ1n) is 9.58. The zero-order chi connectivity index (χ0) is 22.4. The first-order valence-corrected chi connectivity index (χ1v) is 11.4. The topological polar surface area (TPSA) is 84.5 Å². The van der Waals surface area contributed by atoms with Crippen LogP contribution in [0, 0.1) is 6.92 Å². The van der Waals surface area contributed by atoms with Gasteiger partial charge in [-0.25, -0.2) is 8.42 Å². The van der Waals surface area contributed by atoms with Gasteiger partial charge in [0, 0.05) is 22.8 Å². The molecule has 0 heterocycles. The van der Waals surface area contributed by atoms with Crippen molar-refractivity contribution in [2.45, 2.75) is 18.2 Å². The maximum absolute atomic E-state index is 12.8. The van der Waals surface area contributed by atoms with Crippen LogP contribution in [0.2, 0.25) is 5.02 Å². The number of carbonyl (C=O) groups excluding carboxylic acids is 1. The molecular weight excluding hydrogens is 436 g/mol. The van der Waals surface area contributed by atoms with Crippen molar-refractivity contribution in [2.24, 2.45) is 0 Å². The largest absolute Gasteiger partial charge is 0.497 e. The molecular formula is C23H23ClN2O4S. The van der Waals surface area contributed by atoms with Crippen LogP contribution in [0.5, 0.6) is 5.75 Å². The second kappa shape index (κ2) is 9.85. The second-order valence-electron chi connectivity index (χ2n) is 6.94. The van der Waals surface area contributed by atoms with Gasteiger partial charge in [-0.15, -0.1) is 0 Å². The Kier molecular flexibility index (Phi) is 7.20. The van der Waals surface area contributed by atoms with E-state index in [2.05, 4.69) is 10.0 Å². The average Bonchev–Trinajstić information content (AvgIpc) is 2.75. The molecule has 8 heteroatoms. The molecule has 1 amide bonds. The van der Waals surface area contributed by atoms with Crippen LogP contribution in [-0.4, -0.2) is 28.0 Å². The van der Waals surface area contributed by atoms with Crippen molar-refractivity contribution in [2.75, 3.05) is 18.4 Å². The molecule has 0 aliphatic carbocycles. The van der Waals surface area contributed by atoms with Gasteiger partial charge in [-0.3, -0.25) is 9.52 Å². The molecule has 0 radical (unpaired) electrons. The van der Waals surface area contributed by atoms with Crippen LogP contribution >= 0.6 is 11.6 Å². The normalized spacial score (nSPS) is 11.1. The molecule has 0 aliphatic rings. The third-order valence-electron chi connectivity index (χ3n) is 4.72. The lowest BCUT2D eigenvalue weighted by Gasteiger charge is -2.12.